The Morgan fingerprint density at radius 1 is 1.57 bits per heavy atom. The number of rotatable bonds is 3. The molecule has 0 bridgehead atoms. The molecule has 0 aliphatic carbocycles. The van der Waals surface area contributed by atoms with Gasteiger partial charge in [-0.05, 0) is 18.2 Å². The number of nitrogens with one attached hydrogen (secondary N) is 1. The molecule has 0 saturated heterocycles. The normalized spacial score (nSPS) is 9.93. The summed E-state index contributed by atoms with van der Waals surface area (Å²) in [6.07, 6.45) is 0. The fourth-order valence-corrected chi connectivity index (χ4v) is 1.30. The first kappa shape index (κ1) is 11.5. The first-order chi connectivity index (χ1) is 6.65. The van der Waals surface area contributed by atoms with Crippen LogP contribution in [0.25, 0.3) is 0 Å². The lowest BCUT2D eigenvalue weighted by atomic mass is 10.2. The Bertz CT molecular complexity index is 346. The number of hydrogen-bond donors (Lipinski definition) is 1. The van der Waals surface area contributed by atoms with E-state index in [2.05, 4.69) is 21.2 Å². The molecule has 0 fully saturated rings. The van der Waals surface area contributed by atoms with Crippen LogP contribution in [-0.4, -0.2) is 17.8 Å². The molecular formula is C9H8BrClFNO. The molecule has 0 spiro atoms. The molecule has 0 unspecified atom stereocenters. The van der Waals surface area contributed by atoms with E-state index in [1.165, 1.54) is 18.2 Å². The van der Waals surface area contributed by atoms with Gasteiger partial charge in [0.1, 0.15) is 5.82 Å². The van der Waals surface area contributed by atoms with Crippen LogP contribution in [0.5, 0.6) is 0 Å². The number of hydrogen-bond acceptors (Lipinski definition) is 1. The Balaban J connectivity index is 2.83. The van der Waals surface area contributed by atoms with Gasteiger partial charge >= 0.3 is 0 Å². The zero-order chi connectivity index (χ0) is 10.6. The highest BCUT2D eigenvalue weighted by atomic mass is 79.9. The highest BCUT2D eigenvalue weighted by Crippen LogP contribution is 2.14. The van der Waals surface area contributed by atoms with E-state index in [0.717, 1.165) is 0 Å². The molecule has 2 nitrogen and oxygen atoms in total. The summed E-state index contributed by atoms with van der Waals surface area (Å²) in [5.74, 6) is -1.02. The Morgan fingerprint density at radius 3 is 2.93 bits per heavy atom. The predicted octanol–water partition coefficient (Wildman–Crippen LogP) is 2.60. The molecule has 14 heavy (non-hydrogen) atoms. The van der Waals surface area contributed by atoms with Crippen LogP contribution < -0.4 is 5.32 Å². The minimum atomic E-state index is -0.568. The zero-order valence-corrected chi connectivity index (χ0v) is 9.53. The maximum atomic E-state index is 13.1. The van der Waals surface area contributed by atoms with Gasteiger partial charge in [-0.25, -0.2) is 4.39 Å². The van der Waals surface area contributed by atoms with E-state index in [1.807, 2.05) is 0 Å². The first-order valence-electron chi connectivity index (χ1n) is 3.94. The second-order valence-electron chi connectivity index (χ2n) is 2.57. The first-order valence-corrected chi connectivity index (χ1v) is 5.44. The Hall–Kier alpha value is -0.610. The summed E-state index contributed by atoms with van der Waals surface area (Å²) in [7, 11) is 0. The van der Waals surface area contributed by atoms with E-state index >= 15 is 0 Å². The summed E-state index contributed by atoms with van der Waals surface area (Å²) in [4.78, 5) is 11.3. The van der Waals surface area contributed by atoms with Crippen LogP contribution in [-0.2, 0) is 0 Å². The summed E-state index contributed by atoms with van der Waals surface area (Å²) in [5, 5.41) is 3.50. The predicted molar refractivity (Wildman–Crippen MR) is 57.5 cm³/mol. The summed E-state index contributed by atoms with van der Waals surface area (Å²) in [5.41, 5.74) is -0.0292. The molecule has 1 rings (SSSR count). The van der Waals surface area contributed by atoms with Crippen molar-refractivity contribution in [2.24, 2.45) is 0 Å². The summed E-state index contributed by atoms with van der Waals surface area (Å²) >= 11 is 8.79. The number of alkyl halides is 1. The Kier molecular flexibility index (Phi) is 4.35. The van der Waals surface area contributed by atoms with Crippen molar-refractivity contribution in [3.63, 3.8) is 0 Å². The number of benzene rings is 1. The van der Waals surface area contributed by atoms with Gasteiger partial charge in [0, 0.05) is 16.9 Å². The molecule has 1 amide bonds. The lowest BCUT2D eigenvalue weighted by molar-refractivity contribution is 0.0952. The number of halogens is 3. The van der Waals surface area contributed by atoms with Crippen LogP contribution in [0.1, 0.15) is 10.4 Å². The number of amides is 1. The van der Waals surface area contributed by atoms with Crippen molar-refractivity contribution in [1.82, 2.24) is 5.32 Å². The third-order valence-corrected chi connectivity index (χ3v) is 2.18. The molecule has 1 aromatic carbocycles. The topological polar surface area (TPSA) is 29.1 Å². The standard InChI is InChI=1S/C9H8BrClFNO/c10-3-4-13-9(14)7-5-6(11)1-2-8(7)12/h1-2,5H,3-4H2,(H,13,14). The molecule has 0 saturated carbocycles. The van der Waals surface area contributed by atoms with Gasteiger partial charge in [0.05, 0.1) is 5.56 Å². The van der Waals surface area contributed by atoms with Gasteiger partial charge in [-0.15, -0.1) is 0 Å². The summed E-state index contributed by atoms with van der Waals surface area (Å²) in [6.45, 7) is 0.449. The van der Waals surface area contributed by atoms with Gasteiger partial charge in [0.2, 0.25) is 0 Å². The van der Waals surface area contributed by atoms with Crippen molar-refractivity contribution < 1.29 is 9.18 Å². The maximum Gasteiger partial charge on any atom is 0.254 e. The van der Waals surface area contributed by atoms with E-state index in [1.54, 1.807) is 0 Å². The van der Waals surface area contributed by atoms with Crippen LogP contribution in [0, 0.1) is 5.82 Å². The second-order valence-corrected chi connectivity index (χ2v) is 3.80. The van der Waals surface area contributed by atoms with E-state index in [9.17, 15) is 9.18 Å². The molecule has 0 aromatic heterocycles. The van der Waals surface area contributed by atoms with Crippen LogP contribution in [0.15, 0.2) is 18.2 Å². The number of carbonyl (C=O) groups is 1. The summed E-state index contributed by atoms with van der Waals surface area (Å²) in [6, 6.07) is 3.88. The Labute approximate surface area is 94.6 Å². The SMILES string of the molecule is O=C(NCCBr)c1cc(Cl)ccc1F. The third kappa shape index (κ3) is 2.96. The van der Waals surface area contributed by atoms with Crippen molar-refractivity contribution in [1.29, 1.82) is 0 Å². The third-order valence-electron chi connectivity index (χ3n) is 1.55. The second kappa shape index (κ2) is 5.32. The number of carbonyl (C=O) groups excluding carboxylic acids is 1. The van der Waals surface area contributed by atoms with E-state index in [-0.39, 0.29) is 5.56 Å². The zero-order valence-electron chi connectivity index (χ0n) is 7.19. The highest BCUT2D eigenvalue weighted by Gasteiger charge is 2.10. The maximum absolute atomic E-state index is 13.1. The molecule has 76 valence electrons. The molecule has 1 N–H and O–H groups in total. The fourth-order valence-electron chi connectivity index (χ4n) is 0.928. The van der Waals surface area contributed by atoms with Crippen molar-refractivity contribution in [3.8, 4) is 0 Å². The monoisotopic (exact) mass is 279 g/mol. The van der Waals surface area contributed by atoms with Crippen molar-refractivity contribution in [2.45, 2.75) is 0 Å². The summed E-state index contributed by atoms with van der Waals surface area (Å²) < 4.78 is 13.1. The fraction of sp³-hybridized carbons (Fsp3) is 0.222. The lowest BCUT2D eigenvalue weighted by Gasteiger charge is -2.04. The van der Waals surface area contributed by atoms with Gasteiger partial charge in [-0.1, -0.05) is 27.5 Å². The molecule has 0 heterocycles. The van der Waals surface area contributed by atoms with Gasteiger partial charge in [-0.2, -0.15) is 0 Å². The largest absolute Gasteiger partial charge is 0.351 e. The minimum Gasteiger partial charge on any atom is -0.351 e. The lowest BCUT2D eigenvalue weighted by Crippen LogP contribution is -2.26. The smallest absolute Gasteiger partial charge is 0.254 e. The minimum absolute atomic E-state index is 0.0292. The molecule has 0 aliphatic heterocycles. The molecule has 0 atom stereocenters. The molecule has 1 aromatic rings. The van der Waals surface area contributed by atoms with Gasteiger partial charge in [0.25, 0.3) is 5.91 Å². The molecule has 0 aliphatic rings. The quantitative estimate of drug-likeness (QED) is 0.847. The molecule has 0 radical (unpaired) electrons. The highest BCUT2D eigenvalue weighted by molar-refractivity contribution is 9.09. The molecule has 5 heteroatoms. The van der Waals surface area contributed by atoms with Crippen LogP contribution in [0.2, 0.25) is 5.02 Å². The van der Waals surface area contributed by atoms with Crippen molar-refractivity contribution >= 4 is 33.4 Å². The van der Waals surface area contributed by atoms with Crippen LogP contribution in [0.4, 0.5) is 4.39 Å². The van der Waals surface area contributed by atoms with Crippen LogP contribution in [0.3, 0.4) is 0 Å². The van der Waals surface area contributed by atoms with Gasteiger partial charge < -0.3 is 5.32 Å². The van der Waals surface area contributed by atoms with Gasteiger partial charge in [0.15, 0.2) is 0 Å². The van der Waals surface area contributed by atoms with E-state index in [4.69, 9.17) is 11.6 Å². The molecular weight excluding hydrogens is 272 g/mol. The van der Waals surface area contributed by atoms with E-state index < -0.39 is 11.7 Å². The van der Waals surface area contributed by atoms with Crippen molar-refractivity contribution in [2.75, 3.05) is 11.9 Å². The van der Waals surface area contributed by atoms with Crippen molar-refractivity contribution in [3.05, 3.63) is 34.6 Å². The van der Waals surface area contributed by atoms with Gasteiger partial charge in [-0.3, -0.25) is 4.79 Å². The van der Waals surface area contributed by atoms with Crippen LogP contribution >= 0.6 is 27.5 Å². The average Bonchev–Trinajstić information content (AvgIpc) is 2.18. The Morgan fingerprint density at radius 2 is 2.29 bits per heavy atom. The van der Waals surface area contributed by atoms with E-state index in [0.29, 0.717) is 16.9 Å². The average molecular weight is 281 g/mol.